The molecule has 0 aromatic heterocycles. The van der Waals surface area contributed by atoms with Crippen LogP contribution >= 0.6 is 0 Å². The van der Waals surface area contributed by atoms with Crippen LogP contribution in [0.15, 0.2) is 0 Å². The molecule has 11 heavy (non-hydrogen) atoms. The molecule has 0 aliphatic rings. The van der Waals surface area contributed by atoms with Gasteiger partial charge in [-0.1, -0.05) is 6.92 Å². The molecular formula is C8H17O3. The fourth-order valence-electron chi connectivity index (χ4n) is 0.928. The molecule has 0 spiro atoms. The van der Waals surface area contributed by atoms with Crippen molar-refractivity contribution in [3.05, 3.63) is 6.42 Å². The van der Waals surface area contributed by atoms with E-state index in [9.17, 15) is 10.2 Å². The molecule has 1 radical (unpaired) electrons. The molecule has 0 heterocycles. The van der Waals surface area contributed by atoms with Gasteiger partial charge in [0.25, 0.3) is 0 Å². The second kappa shape index (κ2) is 4.70. The van der Waals surface area contributed by atoms with E-state index in [4.69, 9.17) is 5.11 Å². The fraction of sp³-hybridized carbons (Fsp3) is 0.875. The Kier molecular flexibility index (Phi) is 4.65. The van der Waals surface area contributed by atoms with Crippen LogP contribution in [0.2, 0.25) is 0 Å². The first-order valence-electron chi connectivity index (χ1n) is 3.81. The zero-order valence-electron chi connectivity index (χ0n) is 7.12. The zero-order chi connectivity index (χ0) is 8.91. The summed E-state index contributed by atoms with van der Waals surface area (Å²) in [4.78, 5) is 0. The summed E-state index contributed by atoms with van der Waals surface area (Å²) in [5.41, 5.74) is -1.15. The Morgan fingerprint density at radius 1 is 1.55 bits per heavy atom. The summed E-state index contributed by atoms with van der Waals surface area (Å²) < 4.78 is 0. The SMILES string of the molecule is C[CH]CC(O)CC(C)(O)CO. The van der Waals surface area contributed by atoms with Crippen molar-refractivity contribution in [1.82, 2.24) is 0 Å². The van der Waals surface area contributed by atoms with Gasteiger partial charge >= 0.3 is 0 Å². The van der Waals surface area contributed by atoms with Gasteiger partial charge in [0.15, 0.2) is 0 Å². The molecule has 0 saturated heterocycles. The largest absolute Gasteiger partial charge is 0.393 e. The van der Waals surface area contributed by atoms with Gasteiger partial charge in [-0.05, 0) is 19.8 Å². The van der Waals surface area contributed by atoms with Crippen molar-refractivity contribution < 1.29 is 15.3 Å². The first kappa shape index (κ1) is 10.9. The molecule has 0 bridgehead atoms. The zero-order valence-corrected chi connectivity index (χ0v) is 7.12. The van der Waals surface area contributed by atoms with Crippen LogP contribution in [-0.2, 0) is 0 Å². The van der Waals surface area contributed by atoms with Gasteiger partial charge < -0.3 is 15.3 Å². The predicted octanol–water partition coefficient (Wildman–Crippen LogP) is 0.0950. The van der Waals surface area contributed by atoms with Crippen molar-refractivity contribution >= 4 is 0 Å². The highest BCUT2D eigenvalue weighted by molar-refractivity contribution is 4.77. The smallest absolute Gasteiger partial charge is 0.0874 e. The highest BCUT2D eigenvalue weighted by Gasteiger charge is 2.22. The van der Waals surface area contributed by atoms with Crippen molar-refractivity contribution in [2.24, 2.45) is 0 Å². The van der Waals surface area contributed by atoms with Crippen LogP contribution in [0.1, 0.15) is 26.7 Å². The lowest BCUT2D eigenvalue weighted by Gasteiger charge is -2.23. The second-order valence-corrected chi connectivity index (χ2v) is 3.16. The van der Waals surface area contributed by atoms with Crippen molar-refractivity contribution in [1.29, 1.82) is 0 Å². The average Bonchev–Trinajstić information content (AvgIpc) is 1.87. The van der Waals surface area contributed by atoms with Crippen LogP contribution in [0.5, 0.6) is 0 Å². The summed E-state index contributed by atoms with van der Waals surface area (Å²) in [7, 11) is 0. The molecule has 3 N–H and O–H groups in total. The Bertz CT molecular complexity index is 102. The third-order valence-electron chi connectivity index (χ3n) is 1.52. The molecule has 0 aromatic rings. The number of aliphatic hydroxyl groups is 3. The number of hydrogen-bond acceptors (Lipinski definition) is 3. The van der Waals surface area contributed by atoms with Crippen LogP contribution in [0.4, 0.5) is 0 Å². The van der Waals surface area contributed by atoms with E-state index < -0.39 is 11.7 Å². The van der Waals surface area contributed by atoms with E-state index in [0.29, 0.717) is 6.42 Å². The Hall–Kier alpha value is -0.120. The molecule has 0 saturated carbocycles. The molecule has 3 heteroatoms. The van der Waals surface area contributed by atoms with Gasteiger partial charge in [0.1, 0.15) is 0 Å². The van der Waals surface area contributed by atoms with Crippen LogP contribution in [-0.4, -0.2) is 33.6 Å². The van der Waals surface area contributed by atoms with Gasteiger partial charge in [-0.2, -0.15) is 0 Å². The Balaban J connectivity index is 3.64. The summed E-state index contributed by atoms with van der Waals surface area (Å²) in [6.45, 7) is 3.04. The average molecular weight is 161 g/mol. The minimum Gasteiger partial charge on any atom is -0.393 e. The van der Waals surface area contributed by atoms with Crippen molar-refractivity contribution in [2.75, 3.05) is 6.61 Å². The molecule has 0 rings (SSSR count). The summed E-state index contributed by atoms with van der Waals surface area (Å²) in [6, 6.07) is 0. The van der Waals surface area contributed by atoms with Crippen LogP contribution in [0.3, 0.4) is 0 Å². The molecule has 0 amide bonds. The first-order valence-corrected chi connectivity index (χ1v) is 3.81. The Morgan fingerprint density at radius 3 is 2.45 bits per heavy atom. The van der Waals surface area contributed by atoms with Crippen LogP contribution < -0.4 is 0 Å². The minimum absolute atomic E-state index is 0.216. The van der Waals surface area contributed by atoms with E-state index in [-0.39, 0.29) is 13.0 Å². The van der Waals surface area contributed by atoms with E-state index in [1.165, 1.54) is 6.92 Å². The molecular weight excluding hydrogens is 144 g/mol. The molecule has 0 aliphatic carbocycles. The molecule has 3 nitrogen and oxygen atoms in total. The van der Waals surface area contributed by atoms with E-state index >= 15 is 0 Å². The number of rotatable bonds is 5. The van der Waals surface area contributed by atoms with Crippen molar-refractivity contribution in [2.45, 2.75) is 38.4 Å². The van der Waals surface area contributed by atoms with Gasteiger partial charge in [-0.3, -0.25) is 0 Å². The number of hydrogen-bond donors (Lipinski definition) is 3. The van der Waals surface area contributed by atoms with Gasteiger partial charge in [0, 0.05) is 6.42 Å². The lowest BCUT2D eigenvalue weighted by Crippen LogP contribution is -2.33. The summed E-state index contributed by atoms with van der Waals surface area (Å²) in [5.74, 6) is 0. The molecule has 0 aromatic carbocycles. The standard InChI is InChI=1S/C8H17O3/c1-3-4-7(10)5-8(2,11)6-9/h3,7,9-11H,4-6H2,1-2H3. The maximum absolute atomic E-state index is 9.30. The molecule has 0 fully saturated rings. The summed E-state index contributed by atoms with van der Waals surface area (Å²) in [6.07, 6.45) is 2.05. The summed E-state index contributed by atoms with van der Waals surface area (Å²) >= 11 is 0. The van der Waals surface area contributed by atoms with Crippen molar-refractivity contribution in [3.63, 3.8) is 0 Å². The van der Waals surface area contributed by atoms with Gasteiger partial charge in [-0.25, -0.2) is 0 Å². The van der Waals surface area contributed by atoms with Gasteiger partial charge in [0.2, 0.25) is 0 Å². The Morgan fingerprint density at radius 2 is 2.09 bits per heavy atom. The highest BCUT2D eigenvalue weighted by Crippen LogP contribution is 2.13. The monoisotopic (exact) mass is 161 g/mol. The third-order valence-corrected chi connectivity index (χ3v) is 1.52. The molecule has 2 unspecified atom stereocenters. The highest BCUT2D eigenvalue weighted by atomic mass is 16.3. The molecule has 0 aliphatic heterocycles. The first-order chi connectivity index (χ1) is 5.02. The second-order valence-electron chi connectivity index (χ2n) is 3.16. The maximum Gasteiger partial charge on any atom is 0.0874 e. The quantitative estimate of drug-likeness (QED) is 0.535. The van der Waals surface area contributed by atoms with Gasteiger partial charge in [-0.15, -0.1) is 0 Å². The van der Waals surface area contributed by atoms with Crippen LogP contribution in [0, 0.1) is 6.42 Å². The normalized spacial score (nSPS) is 19.4. The lowest BCUT2D eigenvalue weighted by molar-refractivity contribution is -0.0358. The maximum atomic E-state index is 9.30. The van der Waals surface area contributed by atoms with Crippen LogP contribution in [0.25, 0.3) is 0 Å². The Labute approximate surface area is 67.7 Å². The molecule has 2 atom stereocenters. The topological polar surface area (TPSA) is 60.7 Å². The van der Waals surface area contributed by atoms with Crippen molar-refractivity contribution in [3.8, 4) is 0 Å². The van der Waals surface area contributed by atoms with Gasteiger partial charge in [0.05, 0.1) is 18.3 Å². The van der Waals surface area contributed by atoms with E-state index in [2.05, 4.69) is 0 Å². The van der Waals surface area contributed by atoms with E-state index in [1.807, 2.05) is 13.3 Å². The predicted molar refractivity (Wildman–Crippen MR) is 42.9 cm³/mol. The lowest BCUT2D eigenvalue weighted by atomic mass is 9.97. The third kappa shape index (κ3) is 5.18. The fourth-order valence-corrected chi connectivity index (χ4v) is 0.928. The molecule has 67 valence electrons. The van der Waals surface area contributed by atoms with E-state index in [0.717, 1.165) is 0 Å². The number of aliphatic hydroxyl groups excluding tert-OH is 2. The van der Waals surface area contributed by atoms with E-state index in [1.54, 1.807) is 0 Å². The minimum atomic E-state index is -1.15. The summed E-state index contributed by atoms with van der Waals surface area (Å²) in [5, 5.41) is 27.1.